The molecule has 124 valence electrons. The number of likely N-dealkylation sites (tertiary alicyclic amines) is 1. The number of piperidine rings is 1. The van der Waals surface area contributed by atoms with Gasteiger partial charge in [0.2, 0.25) is 0 Å². The van der Waals surface area contributed by atoms with E-state index in [1.54, 1.807) is 4.88 Å². The lowest BCUT2D eigenvalue weighted by molar-refractivity contribution is 0.194. The highest BCUT2D eigenvalue weighted by Crippen LogP contribution is 2.39. The molecule has 1 aromatic rings. The Bertz CT molecular complexity index is 510. The molecule has 3 heterocycles. The van der Waals surface area contributed by atoms with Gasteiger partial charge in [-0.25, -0.2) is 4.98 Å². The van der Waals surface area contributed by atoms with E-state index in [9.17, 15) is 0 Å². The molecule has 5 heteroatoms. The number of hydrogen-bond donors (Lipinski definition) is 1. The fourth-order valence-electron chi connectivity index (χ4n) is 4.38. The summed E-state index contributed by atoms with van der Waals surface area (Å²) in [7, 11) is 0. The highest BCUT2D eigenvalue weighted by Gasteiger charge is 2.38. The van der Waals surface area contributed by atoms with Gasteiger partial charge in [0.1, 0.15) is 5.01 Å². The Morgan fingerprint density at radius 1 is 1.32 bits per heavy atom. The maximum atomic E-state index is 4.95. The van der Waals surface area contributed by atoms with E-state index in [2.05, 4.69) is 17.1 Å². The van der Waals surface area contributed by atoms with Crippen LogP contribution in [-0.4, -0.2) is 36.1 Å². The van der Waals surface area contributed by atoms with E-state index in [0.717, 1.165) is 12.5 Å². The van der Waals surface area contributed by atoms with Gasteiger partial charge in [-0.15, -0.1) is 23.7 Å². The van der Waals surface area contributed by atoms with Gasteiger partial charge in [-0.1, -0.05) is 6.92 Å². The number of hydrogen-bond acceptors (Lipinski definition) is 4. The summed E-state index contributed by atoms with van der Waals surface area (Å²) in [5.74, 6) is 0.857. The summed E-state index contributed by atoms with van der Waals surface area (Å²) in [5, 5.41) is 4.88. The zero-order valence-corrected chi connectivity index (χ0v) is 15.2. The zero-order valence-electron chi connectivity index (χ0n) is 13.6. The number of fused-ring (bicyclic) bond motifs is 1. The summed E-state index contributed by atoms with van der Waals surface area (Å²) in [6.45, 7) is 8.50. The van der Waals surface area contributed by atoms with Crippen molar-refractivity contribution in [2.75, 3.05) is 26.2 Å². The third-order valence-corrected chi connectivity index (χ3v) is 6.88. The summed E-state index contributed by atoms with van der Waals surface area (Å²) < 4.78 is 0. The number of halogens is 1. The number of rotatable bonds is 2. The average molecular weight is 342 g/mol. The molecule has 2 aliphatic heterocycles. The molecule has 0 radical (unpaired) electrons. The number of nitrogens with one attached hydrogen (secondary N) is 1. The molecule has 0 aromatic carbocycles. The molecule has 1 atom stereocenters. The van der Waals surface area contributed by atoms with Crippen LogP contribution in [0.2, 0.25) is 0 Å². The number of nitrogens with zero attached hydrogens (tertiary/aromatic N) is 2. The molecular formula is C17H28ClN3S. The Morgan fingerprint density at radius 3 is 2.95 bits per heavy atom. The molecule has 4 rings (SSSR count). The van der Waals surface area contributed by atoms with Crippen LogP contribution in [0.25, 0.3) is 0 Å². The van der Waals surface area contributed by atoms with Crippen molar-refractivity contribution >= 4 is 23.7 Å². The van der Waals surface area contributed by atoms with Gasteiger partial charge in [0.15, 0.2) is 0 Å². The first kappa shape index (κ1) is 16.7. The lowest BCUT2D eigenvalue weighted by atomic mass is 9.78. The van der Waals surface area contributed by atoms with Gasteiger partial charge in [-0.05, 0) is 69.5 Å². The van der Waals surface area contributed by atoms with E-state index in [-0.39, 0.29) is 12.4 Å². The first-order valence-electron chi connectivity index (χ1n) is 8.63. The number of aromatic nitrogens is 1. The quantitative estimate of drug-likeness (QED) is 0.894. The van der Waals surface area contributed by atoms with Crippen LogP contribution < -0.4 is 5.32 Å². The largest absolute Gasteiger partial charge is 0.317 e. The van der Waals surface area contributed by atoms with Crippen molar-refractivity contribution in [3.05, 3.63) is 15.6 Å². The van der Waals surface area contributed by atoms with Gasteiger partial charge in [0.05, 0.1) is 12.2 Å². The molecule has 2 saturated heterocycles. The predicted molar refractivity (Wildman–Crippen MR) is 95.0 cm³/mol. The lowest BCUT2D eigenvalue weighted by Crippen LogP contribution is -2.38. The highest BCUT2D eigenvalue weighted by molar-refractivity contribution is 7.11. The second kappa shape index (κ2) is 6.76. The standard InChI is InChI=1S/C17H27N3S.ClH/c1-13-2-3-14-15(10-13)21-16(19-14)11-20-9-6-17(12-20)4-7-18-8-5-17;/h13,18H,2-12H2,1H3;1H. The van der Waals surface area contributed by atoms with Crippen LogP contribution in [0.1, 0.15) is 48.2 Å². The van der Waals surface area contributed by atoms with Gasteiger partial charge < -0.3 is 5.32 Å². The summed E-state index contributed by atoms with van der Waals surface area (Å²) in [4.78, 5) is 9.20. The van der Waals surface area contributed by atoms with E-state index in [1.165, 1.54) is 75.4 Å². The molecule has 1 spiro atoms. The summed E-state index contributed by atoms with van der Waals surface area (Å²) in [6, 6.07) is 0. The van der Waals surface area contributed by atoms with Crippen LogP contribution in [0.3, 0.4) is 0 Å². The van der Waals surface area contributed by atoms with Gasteiger partial charge in [0.25, 0.3) is 0 Å². The predicted octanol–water partition coefficient (Wildman–Crippen LogP) is 3.27. The lowest BCUT2D eigenvalue weighted by Gasteiger charge is -2.33. The maximum absolute atomic E-state index is 4.95. The summed E-state index contributed by atoms with van der Waals surface area (Å²) in [6.07, 6.45) is 7.95. The summed E-state index contributed by atoms with van der Waals surface area (Å²) >= 11 is 2.00. The molecular weight excluding hydrogens is 314 g/mol. The third kappa shape index (κ3) is 3.35. The minimum absolute atomic E-state index is 0. The van der Waals surface area contributed by atoms with Crippen LogP contribution in [0.5, 0.6) is 0 Å². The van der Waals surface area contributed by atoms with Crippen molar-refractivity contribution in [2.24, 2.45) is 11.3 Å². The van der Waals surface area contributed by atoms with Crippen molar-refractivity contribution in [1.82, 2.24) is 15.2 Å². The molecule has 0 bridgehead atoms. The molecule has 0 saturated carbocycles. The first-order chi connectivity index (χ1) is 10.2. The van der Waals surface area contributed by atoms with E-state index < -0.39 is 0 Å². The Labute approximate surface area is 144 Å². The Kier molecular flexibility index (Phi) is 5.13. The van der Waals surface area contributed by atoms with Crippen molar-refractivity contribution in [1.29, 1.82) is 0 Å². The Hall–Kier alpha value is -0.160. The van der Waals surface area contributed by atoms with Gasteiger partial charge in [-0.3, -0.25) is 4.90 Å². The molecule has 3 nitrogen and oxygen atoms in total. The van der Waals surface area contributed by atoms with Crippen LogP contribution >= 0.6 is 23.7 Å². The second-order valence-corrected chi connectivity index (χ2v) is 8.70. The molecule has 1 N–H and O–H groups in total. The van der Waals surface area contributed by atoms with Crippen molar-refractivity contribution < 1.29 is 0 Å². The zero-order chi connectivity index (χ0) is 14.3. The van der Waals surface area contributed by atoms with E-state index >= 15 is 0 Å². The van der Waals surface area contributed by atoms with Gasteiger partial charge in [-0.2, -0.15) is 0 Å². The molecule has 1 unspecified atom stereocenters. The van der Waals surface area contributed by atoms with Gasteiger partial charge >= 0.3 is 0 Å². The maximum Gasteiger partial charge on any atom is 0.107 e. The van der Waals surface area contributed by atoms with Crippen molar-refractivity contribution in [3.8, 4) is 0 Å². The third-order valence-electron chi connectivity index (χ3n) is 5.77. The highest BCUT2D eigenvalue weighted by atomic mass is 35.5. The molecule has 2 fully saturated rings. The first-order valence-corrected chi connectivity index (χ1v) is 9.45. The molecule has 3 aliphatic rings. The van der Waals surface area contributed by atoms with Crippen LogP contribution in [-0.2, 0) is 19.4 Å². The van der Waals surface area contributed by atoms with E-state index in [1.807, 2.05) is 11.3 Å². The van der Waals surface area contributed by atoms with Crippen molar-refractivity contribution in [2.45, 2.75) is 52.0 Å². The van der Waals surface area contributed by atoms with Crippen molar-refractivity contribution in [3.63, 3.8) is 0 Å². The minimum Gasteiger partial charge on any atom is -0.317 e. The fraction of sp³-hybridized carbons (Fsp3) is 0.824. The smallest absolute Gasteiger partial charge is 0.107 e. The second-order valence-electron chi connectivity index (χ2n) is 7.54. The summed E-state index contributed by atoms with van der Waals surface area (Å²) in [5.41, 5.74) is 2.04. The Morgan fingerprint density at radius 2 is 2.14 bits per heavy atom. The minimum atomic E-state index is 0. The fourth-order valence-corrected chi connectivity index (χ4v) is 5.70. The van der Waals surface area contributed by atoms with Crippen LogP contribution in [0.15, 0.2) is 0 Å². The topological polar surface area (TPSA) is 28.2 Å². The SMILES string of the molecule is CC1CCc2nc(CN3CCC4(CCNCC4)C3)sc2C1.Cl. The normalized spacial score (nSPS) is 27.6. The molecule has 1 aliphatic carbocycles. The van der Waals surface area contributed by atoms with E-state index in [0.29, 0.717) is 5.41 Å². The van der Waals surface area contributed by atoms with Gasteiger partial charge in [0, 0.05) is 11.4 Å². The number of thiazole rings is 1. The average Bonchev–Trinajstić information content (AvgIpc) is 3.04. The number of aryl methyl sites for hydroxylation is 1. The molecule has 22 heavy (non-hydrogen) atoms. The Balaban J connectivity index is 0.00000144. The molecule has 1 aromatic heterocycles. The monoisotopic (exact) mass is 341 g/mol. The van der Waals surface area contributed by atoms with Crippen LogP contribution in [0.4, 0.5) is 0 Å². The molecule has 0 amide bonds. The van der Waals surface area contributed by atoms with E-state index in [4.69, 9.17) is 4.98 Å². The van der Waals surface area contributed by atoms with Crippen LogP contribution in [0, 0.1) is 11.3 Å².